The van der Waals surface area contributed by atoms with Gasteiger partial charge in [0.1, 0.15) is 5.75 Å². The van der Waals surface area contributed by atoms with Crippen LogP contribution in [0.1, 0.15) is 5.56 Å². The second kappa shape index (κ2) is 8.73. The lowest BCUT2D eigenvalue weighted by Crippen LogP contribution is -2.13. The van der Waals surface area contributed by atoms with Gasteiger partial charge in [0, 0.05) is 10.8 Å². The summed E-state index contributed by atoms with van der Waals surface area (Å²) in [6.07, 6.45) is -4.57. The van der Waals surface area contributed by atoms with Crippen LogP contribution in [0.3, 0.4) is 0 Å². The predicted molar refractivity (Wildman–Crippen MR) is 124 cm³/mol. The minimum absolute atomic E-state index is 0.0884. The Morgan fingerprint density at radius 3 is 2.29 bits per heavy atom. The van der Waals surface area contributed by atoms with E-state index in [2.05, 4.69) is 4.72 Å². The third-order valence-corrected chi connectivity index (χ3v) is 7.40. The minimum Gasteiger partial charge on any atom is -0.506 e. The van der Waals surface area contributed by atoms with Gasteiger partial charge < -0.3 is 10.2 Å². The van der Waals surface area contributed by atoms with E-state index in [4.69, 9.17) is 5.11 Å². The van der Waals surface area contributed by atoms with E-state index in [-0.39, 0.29) is 32.4 Å². The van der Waals surface area contributed by atoms with Crippen molar-refractivity contribution in [1.82, 2.24) is 0 Å². The fourth-order valence-electron chi connectivity index (χ4n) is 3.44. The maximum Gasteiger partial charge on any atom is 0.416 e. The fraction of sp³-hybridized carbons (Fsp3) is 0.0870. The summed E-state index contributed by atoms with van der Waals surface area (Å²) in [5.74, 6) is -1.66. The Kier molecular flexibility index (Phi) is 6.09. The molecule has 0 heterocycles. The van der Waals surface area contributed by atoms with Crippen LogP contribution in [0.2, 0.25) is 0 Å². The summed E-state index contributed by atoms with van der Waals surface area (Å²) in [5.41, 5.74) is -0.808. The quantitative estimate of drug-likeness (QED) is 0.229. The molecule has 0 aliphatic rings. The first-order chi connectivity index (χ1) is 16.0. The van der Waals surface area contributed by atoms with E-state index < -0.39 is 27.7 Å². The number of aromatic hydroxyl groups is 1. The number of phenols is 1. The zero-order valence-corrected chi connectivity index (χ0v) is 18.8. The van der Waals surface area contributed by atoms with Crippen LogP contribution in [-0.4, -0.2) is 30.4 Å². The molecule has 0 fully saturated rings. The number of hydrogen-bond donors (Lipinski definition) is 3. The number of alkyl halides is 3. The molecule has 0 unspecified atom stereocenters. The first-order valence-electron chi connectivity index (χ1n) is 9.69. The zero-order valence-electron chi connectivity index (χ0n) is 17.1. The summed E-state index contributed by atoms with van der Waals surface area (Å²) in [7, 11) is -4.24. The number of fused-ring (bicyclic) bond motifs is 2. The van der Waals surface area contributed by atoms with E-state index in [0.717, 1.165) is 30.0 Å². The molecule has 11 heteroatoms. The van der Waals surface area contributed by atoms with Gasteiger partial charge in [0.2, 0.25) is 0 Å². The lowest BCUT2D eigenvalue weighted by Gasteiger charge is -2.15. The number of carboxylic acids is 1. The number of nitrogens with one attached hydrogen (secondary N) is 1. The molecule has 176 valence electrons. The Morgan fingerprint density at radius 2 is 1.62 bits per heavy atom. The van der Waals surface area contributed by atoms with Crippen LogP contribution in [0.4, 0.5) is 18.9 Å². The summed E-state index contributed by atoms with van der Waals surface area (Å²) in [6, 6.07) is 14.6. The number of benzene rings is 4. The molecule has 34 heavy (non-hydrogen) atoms. The molecule has 3 N–H and O–H groups in total. The Balaban J connectivity index is 1.78. The average Bonchev–Trinajstić information content (AvgIpc) is 2.78. The predicted octanol–water partition coefficient (Wildman–Crippen LogP) is 5.69. The van der Waals surface area contributed by atoms with Crippen molar-refractivity contribution in [2.24, 2.45) is 0 Å². The third kappa shape index (κ3) is 4.75. The molecule has 0 atom stereocenters. The highest BCUT2D eigenvalue weighted by Gasteiger charge is 2.30. The van der Waals surface area contributed by atoms with E-state index in [0.29, 0.717) is 16.2 Å². The van der Waals surface area contributed by atoms with Gasteiger partial charge in [-0.15, -0.1) is 11.8 Å². The normalized spacial score (nSPS) is 12.2. The van der Waals surface area contributed by atoms with Gasteiger partial charge in [0.15, 0.2) is 0 Å². The van der Waals surface area contributed by atoms with Crippen LogP contribution in [0.5, 0.6) is 5.75 Å². The number of rotatable bonds is 6. The molecule has 0 saturated heterocycles. The van der Waals surface area contributed by atoms with Crippen molar-refractivity contribution < 1.29 is 36.6 Å². The van der Waals surface area contributed by atoms with Crippen molar-refractivity contribution >= 4 is 55.0 Å². The molecule has 4 rings (SSSR count). The van der Waals surface area contributed by atoms with Gasteiger partial charge >= 0.3 is 12.1 Å². The van der Waals surface area contributed by atoms with Crippen LogP contribution in [0.15, 0.2) is 76.5 Å². The molecule has 0 spiro atoms. The van der Waals surface area contributed by atoms with Crippen molar-refractivity contribution in [1.29, 1.82) is 0 Å². The van der Waals surface area contributed by atoms with Gasteiger partial charge in [-0.2, -0.15) is 13.2 Å². The molecule has 4 aromatic carbocycles. The largest absolute Gasteiger partial charge is 0.506 e. The molecule has 0 aliphatic heterocycles. The van der Waals surface area contributed by atoms with Gasteiger partial charge in [-0.3, -0.25) is 9.52 Å². The van der Waals surface area contributed by atoms with Crippen LogP contribution < -0.4 is 4.72 Å². The lowest BCUT2D eigenvalue weighted by molar-refractivity contribution is -0.137. The number of anilines is 1. The third-order valence-electron chi connectivity index (χ3n) is 5.03. The second-order valence-electron chi connectivity index (χ2n) is 7.33. The number of hydrogen-bond acceptors (Lipinski definition) is 5. The number of phenolic OH excluding ortho intramolecular Hbond substituents is 1. The summed E-state index contributed by atoms with van der Waals surface area (Å²) in [5, 5.41) is 20.7. The number of halogens is 3. The molecule has 0 saturated carbocycles. The van der Waals surface area contributed by atoms with Gasteiger partial charge in [-0.25, -0.2) is 8.42 Å². The van der Waals surface area contributed by atoms with Gasteiger partial charge in [0.25, 0.3) is 10.0 Å². The molecule has 4 aromatic rings. The van der Waals surface area contributed by atoms with E-state index in [1.54, 1.807) is 24.3 Å². The maximum absolute atomic E-state index is 13.1. The summed E-state index contributed by atoms with van der Waals surface area (Å²) in [6.45, 7) is 0. The van der Waals surface area contributed by atoms with E-state index in [1.165, 1.54) is 24.3 Å². The highest BCUT2D eigenvalue weighted by Crippen LogP contribution is 2.40. The van der Waals surface area contributed by atoms with Gasteiger partial charge in [0.05, 0.1) is 26.8 Å². The molecule has 0 aliphatic carbocycles. The summed E-state index contributed by atoms with van der Waals surface area (Å²) >= 11 is 0.821. The molecule has 0 amide bonds. The topological polar surface area (TPSA) is 104 Å². The van der Waals surface area contributed by atoms with E-state index >= 15 is 0 Å². The van der Waals surface area contributed by atoms with Gasteiger partial charge in [-0.1, -0.05) is 36.4 Å². The first kappa shape index (κ1) is 23.7. The van der Waals surface area contributed by atoms with Crippen LogP contribution >= 0.6 is 11.8 Å². The maximum atomic E-state index is 13.1. The van der Waals surface area contributed by atoms with Crippen molar-refractivity contribution in [3.05, 3.63) is 72.3 Å². The highest BCUT2D eigenvalue weighted by atomic mass is 32.2. The number of sulfonamides is 1. The number of aliphatic carboxylic acids is 1. The number of carbonyl (C=O) groups is 1. The standard InChI is InChI=1S/C23H16F3NO5S2/c24-23(25,26)15-7-5-13-6-8-16(10-14(13)9-15)34(31,32)27-19-11-20(33-12-21(28)29)22(30)18-4-2-1-3-17(18)19/h1-11,27,30H,12H2,(H,28,29). The highest BCUT2D eigenvalue weighted by molar-refractivity contribution is 8.00. The molecule has 6 nitrogen and oxygen atoms in total. The van der Waals surface area contributed by atoms with Gasteiger partial charge in [-0.05, 0) is 41.1 Å². The Morgan fingerprint density at radius 1 is 0.941 bits per heavy atom. The van der Waals surface area contributed by atoms with Crippen molar-refractivity contribution in [2.45, 2.75) is 16.0 Å². The monoisotopic (exact) mass is 507 g/mol. The summed E-state index contributed by atoms with van der Waals surface area (Å²) < 4.78 is 67.9. The molecular formula is C23H16F3NO5S2. The second-order valence-corrected chi connectivity index (χ2v) is 10.0. The minimum atomic E-state index is -4.57. The smallest absolute Gasteiger partial charge is 0.416 e. The SMILES string of the molecule is O=C(O)CSc1cc(NS(=O)(=O)c2ccc3ccc(C(F)(F)F)cc3c2)c2ccccc2c1O. The molecule has 0 bridgehead atoms. The summed E-state index contributed by atoms with van der Waals surface area (Å²) in [4.78, 5) is 10.9. The molecule has 0 radical (unpaired) electrons. The Labute approximate surface area is 196 Å². The van der Waals surface area contributed by atoms with Crippen molar-refractivity contribution in [3.8, 4) is 5.75 Å². The van der Waals surface area contributed by atoms with E-state index in [1.807, 2.05) is 0 Å². The molecular weight excluding hydrogens is 491 g/mol. The Bertz CT molecular complexity index is 1540. The van der Waals surface area contributed by atoms with Crippen molar-refractivity contribution in [3.63, 3.8) is 0 Å². The Hall–Kier alpha value is -3.44. The fourth-order valence-corrected chi connectivity index (χ4v) is 5.27. The van der Waals surface area contributed by atoms with Crippen LogP contribution in [0.25, 0.3) is 21.5 Å². The lowest BCUT2D eigenvalue weighted by atomic mass is 10.1. The zero-order chi connectivity index (χ0) is 24.7. The number of carboxylic acid groups (broad SMARTS) is 1. The first-order valence-corrected chi connectivity index (χ1v) is 12.2. The van der Waals surface area contributed by atoms with Crippen molar-refractivity contribution in [2.75, 3.05) is 10.5 Å². The average molecular weight is 508 g/mol. The van der Waals surface area contributed by atoms with Crippen LogP contribution in [0, 0.1) is 0 Å². The molecule has 0 aromatic heterocycles. The number of thioether (sulfide) groups is 1. The van der Waals surface area contributed by atoms with E-state index in [9.17, 15) is 31.5 Å². The van der Waals surface area contributed by atoms with Crippen LogP contribution in [-0.2, 0) is 21.0 Å².